The largest absolute Gasteiger partial charge is 0.497 e. The number of piperazine rings is 1. The van der Waals surface area contributed by atoms with Crippen LogP contribution >= 0.6 is 0 Å². The van der Waals surface area contributed by atoms with E-state index >= 15 is 0 Å². The van der Waals surface area contributed by atoms with Crippen molar-refractivity contribution in [1.82, 2.24) is 14.7 Å². The van der Waals surface area contributed by atoms with Gasteiger partial charge in [0.1, 0.15) is 11.6 Å². The minimum atomic E-state index is -0.559. The molecule has 2 atom stereocenters. The van der Waals surface area contributed by atoms with E-state index in [1.807, 2.05) is 47.4 Å². The van der Waals surface area contributed by atoms with Crippen LogP contribution in [0.15, 0.2) is 72.8 Å². The SMILES string of the molecule is CCN1CCN(C(=O)[C@@H]2c3ccccc3C(=O)N(Cc3ccc(F)cc3)[C@@H]2c2ccc(OC)cc2)CC1. The van der Waals surface area contributed by atoms with E-state index < -0.39 is 12.0 Å². The first-order chi connectivity index (χ1) is 18.0. The Bertz CT molecular complexity index is 1250. The summed E-state index contributed by atoms with van der Waals surface area (Å²) >= 11 is 0. The number of methoxy groups -OCH3 is 1. The van der Waals surface area contributed by atoms with Gasteiger partial charge < -0.3 is 19.4 Å². The summed E-state index contributed by atoms with van der Waals surface area (Å²) in [7, 11) is 1.61. The average molecular weight is 502 g/mol. The summed E-state index contributed by atoms with van der Waals surface area (Å²) in [6.45, 7) is 6.34. The van der Waals surface area contributed by atoms with Crippen LogP contribution in [0.25, 0.3) is 0 Å². The quantitative estimate of drug-likeness (QED) is 0.500. The van der Waals surface area contributed by atoms with E-state index in [2.05, 4.69) is 11.8 Å². The summed E-state index contributed by atoms with van der Waals surface area (Å²) in [4.78, 5) is 34.2. The maximum atomic E-state index is 14.3. The molecule has 3 aromatic rings. The first kappa shape index (κ1) is 25.0. The Hall–Kier alpha value is -3.71. The van der Waals surface area contributed by atoms with Gasteiger partial charge in [0, 0.05) is 38.3 Å². The lowest BCUT2D eigenvalue weighted by atomic mass is 9.78. The molecular weight excluding hydrogens is 469 g/mol. The van der Waals surface area contributed by atoms with Gasteiger partial charge >= 0.3 is 0 Å². The Morgan fingerprint density at radius 1 is 0.946 bits per heavy atom. The van der Waals surface area contributed by atoms with Crippen LogP contribution in [0.2, 0.25) is 0 Å². The minimum absolute atomic E-state index is 0.0284. The van der Waals surface area contributed by atoms with Crippen molar-refractivity contribution in [3.8, 4) is 5.75 Å². The minimum Gasteiger partial charge on any atom is -0.497 e. The number of likely N-dealkylation sites (N-methyl/N-ethyl adjacent to an activating group) is 1. The number of benzene rings is 3. The van der Waals surface area contributed by atoms with Crippen LogP contribution < -0.4 is 4.74 Å². The number of carbonyl (C=O) groups is 2. The molecule has 3 aromatic carbocycles. The second-order valence-electron chi connectivity index (χ2n) is 9.60. The van der Waals surface area contributed by atoms with Crippen molar-refractivity contribution >= 4 is 11.8 Å². The van der Waals surface area contributed by atoms with Crippen molar-refractivity contribution in [3.05, 3.63) is 101 Å². The second-order valence-corrected chi connectivity index (χ2v) is 9.60. The van der Waals surface area contributed by atoms with Gasteiger partial charge in [0.15, 0.2) is 0 Å². The number of fused-ring (bicyclic) bond motifs is 1. The van der Waals surface area contributed by atoms with E-state index in [0.717, 1.165) is 36.3 Å². The maximum absolute atomic E-state index is 14.3. The van der Waals surface area contributed by atoms with Gasteiger partial charge in [-0.3, -0.25) is 9.59 Å². The van der Waals surface area contributed by atoms with Crippen LogP contribution in [-0.2, 0) is 11.3 Å². The van der Waals surface area contributed by atoms with Crippen molar-refractivity contribution in [2.45, 2.75) is 25.4 Å². The van der Waals surface area contributed by atoms with E-state index in [9.17, 15) is 14.0 Å². The molecule has 0 radical (unpaired) electrons. The molecule has 0 unspecified atom stereocenters. The molecule has 2 heterocycles. The highest BCUT2D eigenvalue weighted by Gasteiger charge is 2.45. The molecular formula is C30H32FN3O3. The highest BCUT2D eigenvalue weighted by molar-refractivity contribution is 6.01. The van der Waals surface area contributed by atoms with E-state index in [1.54, 1.807) is 30.2 Å². The van der Waals surface area contributed by atoms with Crippen LogP contribution in [0.5, 0.6) is 5.75 Å². The Balaban J connectivity index is 1.60. The molecule has 192 valence electrons. The zero-order chi connectivity index (χ0) is 25.9. The lowest BCUT2D eigenvalue weighted by Crippen LogP contribution is -2.53. The van der Waals surface area contributed by atoms with Gasteiger partial charge in [-0.1, -0.05) is 49.4 Å². The normalized spacial score (nSPS) is 20.0. The molecule has 7 heteroatoms. The molecule has 37 heavy (non-hydrogen) atoms. The highest BCUT2D eigenvalue weighted by atomic mass is 19.1. The van der Waals surface area contributed by atoms with Crippen LogP contribution in [0.1, 0.15) is 45.9 Å². The standard InChI is InChI=1S/C30H32FN3O3/c1-3-32-16-18-33(19-17-32)30(36)27-25-6-4-5-7-26(25)29(35)34(20-21-8-12-23(31)13-9-21)28(27)22-10-14-24(37-2)15-11-22/h4-15,27-28H,3,16-20H2,1-2H3/t27-,28-/m1/s1. The van der Waals surface area contributed by atoms with E-state index in [0.29, 0.717) is 24.4 Å². The third kappa shape index (κ3) is 4.96. The van der Waals surface area contributed by atoms with E-state index in [1.165, 1.54) is 12.1 Å². The molecule has 6 nitrogen and oxygen atoms in total. The molecule has 0 N–H and O–H groups in total. The number of amides is 2. The van der Waals surface area contributed by atoms with Gasteiger partial charge in [-0.05, 0) is 53.6 Å². The van der Waals surface area contributed by atoms with Gasteiger partial charge in [-0.25, -0.2) is 4.39 Å². The molecule has 1 saturated heterocycles. The van der Waals surface area contributed by atoms with E-state index in [-0.39, 0.29) is 24.2 Å². The van der Waals surface area contributed by atoms with Crippen LogP contribution in [0, 0.1) is 5.82 Å². The Labute approximate surface area is 217 Å². The van der Waals surface area contributed by atoms with Gasteiger partial charge in [-0.15, -0.1) is 0 Å². The number of nitrogens with zero attached hydrogens (tertiary/aromatic N) is 3. The number of ether oxygens (including phenoxy) is 1. The third-order valence-corrected chi connectivity index (χ3v) is 7.56. The number of hydrogen-bond acceptors (Lipinski definition) is 4. The van der Waals surface area contributed by atoms with Gasteiger partial charge in [0.05, 0.1) is 19.1 Å². The molecule has 0 bridgehead atoms. The molecule has 0 aliphatic carbocycles. The first-order valence-electron chi connectivity index (χ1n) is 12.8. The van der Waals surface area contributed by atoms with Crippen LogP contribution in [0.4, 0.5) is 4.39 Å². The summed E-state index contributed by atoms with van der Waals surface area (Å²) in [5.41, 5.74) is 2.96. The van der Waals surface area contributed by atoms with Crippen molar-refractivity contribution in [1.29, 1.82) is 0 Å². The smallest absolute Gasteiger partial charge is 0.255 e. The number of rotatable bonds is 6. The topological polar surface area (TPSA) is 53.1 Å². The van der Waals surface area contributed by atoms with Gasteiger partial charge in [0.25, 0.3) is 5.91 Å². The fraction of sp³-hybridized carbons (Fsp3) is 0.333. The Morgan fingerprint density at radius 2 is 1.62 bits per heavy atom. The summed E-state index contributed by atoms with van der Waals surface area (Å²) in [6, 6.07) is 20.7. The fourth-order valence-electron chi connectivity index (χ4n) is 5.47. The number of hydrogen-bond donors (Lipinski definition) is 0. The van der Waals surface area contributed by atoms with Crippen molar-refractivity contribution in [3.63, 3.8) is 0 Å². The second kappa shape index (κ2) is 10.7. The number of carbonyl (C=O) groups excluding carboxylic acids is 2. The van der Waals surface area contributed by atoms with Crippen LogP contribution in [0.3, 0.4) is 0 Å². The molecule has 0 saturated carbocycles. The average Bonchev–Trinajstić information content (AvgIpc) is 2.95. The maximum Gasteiger partial charge on any atom is 0.255 e. The third-order valence-electron chi connectivity index (χ3n) is 7.56. The lowest BCUT2D eigenvalue weighted by Gasteiger charge is -2.44. The summed E-state index contributed by atoms with van der Waals surface area (Å²) < 4.78 is 19.0. The predicted molar refractivity (Wildman–Crippen MR) is 140 cm³/mol. The Kier molecular flexibility index (Phi) is 7.24. The van der Waals surface area contributed by atoms with Crippen molar-refractivity contribution in [2.24, 2.45) is 0 Å². The van der Waals surface area contributed by atoms with Crippen molar-refractivity contribution in [2.75, 3.05) is 39.8 Å². The molecule has 2 aliphatic rings. The Morgan fingerprint density at radius 3 is 2.27 bits per heavy atom. The lowest BCUT2D eigenvalue weighted by molar-refractivity contribution is -0.136. The monoisotopic (exact) mass is 501 g/mol. The molecule has 0 spiro atoms. The van der Waals surface area contributed by atoms with Crippen LogP contribution in [-0.4, -0.2) is 66.3 Å². The molecule has 5 rings (SSSR count). The highest BCUT2D eigenvalue weighted by Crippen LogP contribution is 2.44. The number of halogens is 1. The molecule has 1 fully saturated rings. The van der Waals surface area contributed by atoms with Gasteiger partial charge in [0.2, 0.25) is 5.91 Å². The zero-order valence-corrected chi connectivity index (χ0v) is 21.3. The van der Waals surface area contributed by atoms with Gasteiger partial charge in [-0.2, -0.15) is 0 Å². The molecule has 0 aromatic heterocycles. The van der Waals surface area contributed by atoms with E-state index in [4.69, 9.17) is 4.74 Å². The molecule has 2 aliphatic heterocycles. The fourth-order valence-corrected chi connectivity index (χ4v) is 5.47. The molecule has 2 amide bonds. The van der Waals surface area contributed by atoms with Crippen molar-refractivity contribution < 1.29 is 18.7 Å². The zero-order valence-electron chi connectivity index (χ0n) is 21.3. The predicted octanol–water partition coefficient (Wildman–Crippen LogP) is 4.48. The first-order valence-corrected chi connectivity index (χ1v) is 12.8. The summed E-state index contributed by atoms with van der Waals surface area (Å²) in [5.74, 6) is -0.294. The summed E-state index contributed by atoms with van der Waals surface area (Å²) in [6.07, 6.45) is 0. The summed E-state index contributed by atoms with van der Waals surface area (Å²) in [5, 5.41) is 0.